The third-order valence-corrected chi connectivity index (χ3v) is 20.7. The Labute approximate surface area is 502 Å². The summed E-state index contributed by atoms with van der Waals surface area (Å²) in [5.41, 5.74) is 4.32. The van der Waals surface area contributed by atoms with Gasteiger partial charge in [-0.25, -0.2) is 18.1 Å². The molecule has 0 bridgehead atoms. The van der Waals surface area contributed by atoms with Crippen molar-refractivity contribution in [2.24, 2.45) is 11.3 Å². The fourth-order valence-electron chi connectivity index (χ4n) is 14.5. The lowest BCUT2D eigenvalue weighted by Gasteiger charge is -2.58. The first-order valence-corrected chi connectivity index (χ1v) is 32.2. The number of fused-ring (bicyclic) bond motifs is 3. The molecule has 0 unspecified atom stereocenters. The van der Waals surface area contributed by atoms with Crippen LogP contribution in [0.2, 0.25) is 0 Å². The van der Waals surface area contributed by atoms with Crippen molar-refractivity contribution >= 4 is 66.9 Å². The van der Waals surface area contributed by atoms with E-state index in [9.17, 15) is 28.4 Å². The number of piperidine rings is 1. The first kappa shape index (κ1) is 57.8. The Kier molecular flexibility index (Phi) is 15.8. The van der Waals surface area contributed by atoms with Gasteiger partial charge in [-0.15, -0.1) is 0 Å². The number of nitro benzene ring substituents is 1. The summed E-state index contributed by atoms with van der Waals surface area (Å²) in [6.45, 7) is 15.7. The molecule has 21 nitrogen and oxygen atoms in total. The highest BCUT2D eigenvalue weighted by Gasteiger charge is 2.51. The van der Waals surface area contributed by atoms with Gasteiger partial charge in [0.05, 0.1) is 70.7 Å². The van der Waals surface area contributed by atoms with Crippen molar-refractivity contribution in [1.82, 2.24) is 24.6 Å². The maximum absolute atomic E-state index is 14.9. The average molecular weight is 1190 g/mol. The molecule has 4 saturated heterocycles. The number of nitrogens with one attached hydrogen (secondary N) is 3. The number of piperazine rings is 1. The fraction of sp³-hybridized carbons (Fsp3) is 0.516. The van der Waals surface area contributed by atoms with Crippen LogP contribution in [-0.4, -0.2) is 152 Å². The number of carbonyl (C=O) groups excluding carboxylic acids is 1. The molecule has 4 N–H and O–H groups in total. The van der Waals surface area contributed by atoms with Gasteiger partial charge < -0.3 is 54.0 Å². The van der Waals surface area contributed by atoms with Crippen LogP contribution >= 0.6 is 0 Å². The summed E-state index contributed by atoms with van der Waals surface area (Å²) in [6, 6.07) is 26.5. The number of amides is 1. The highest BCUT2D eigenvalue weighted by molar-refractivity contribution is 7.90. The maximum atomic E-state index is 14.9. The van der Waals surface area contributed by atoms with E-state index in [-0.39, 0.29) is 53.4 Å². The van der Waals surface area contributed by atoms with E-state index < -0.39 is 43.1 Å². The molecule has 3 aromatic carbocycles. The second-order valence-electron chi connectivity index (χ2n) is 25.5. The van der Waals surface area contributed by atoms with Crippen molar-refractivity contribution in [3.8, 4) is 11.6 Å². The van der Waals surface area contributed by atoms with Crippen LogP contribution in [0.4, 0.5) is 39.9 Å². The van der Waals surface area contributed by atoms with E-state index in [0.29, 0.717) is 74.6 Å². The number of nitro groups is 1. The van der Waals surface area contributed by atoms with Gasteiger partial charge in [-0.2, -0.15) is 4.98 Å². The van der Waals surface area contributed by atoms with Gasteiger partial charge in [0.25, 0.3) is 21.6 Å². The largest absolute Gasteiger partial charge is 0.491 e. The molecular weight excluding hydrogens is 1110 g/mol. The van der Waals surface area contributed by atoms with Crippen LogP contribution in [0.5, 0.6) is 11.6 Å². The molecule has 86 heavy (non-hydrogen) atoms. The van der Waals surface area contributed by atoms with Crippen LogP contribution in [0.1, 0.15) is 107 Å². The number of rotatable bonds is 15. The van der Waals surface area contributed by atoms with E-state index >= 15 is 0 Å². The number of aromatic amines is 1. The van der Waals surface area contributed by atoms with Gasteiger partial charge in [-0.05, 0) is 151 Å². The molecule has 3 aromatic heterocycles. The SMILES string of the molecule is CC(C)Oc1ccccc1[C@H]1CN(c2ccnc(N3CCOC[C@H]3C)c2)CCN1C1CC2(CCN(c3ccc(C(=O)NS(=O)(=O)c4ccc(NC[C@H]5CC[C@](C)(O)CC5)c([N+](=O)[O-])c4)c(N4c5cc6cc[nH]c6nc5O[C@H]5COCC[C@@H]54)c3)CC2)C1. The van der Waals surface area contributed by atoms with Crippen molar-refractivity contribution in [2.75, 3.05) is 97.2 Å². The molecule has 2 saturated carbocycles. The number of hydrogen-bond donors (Lipinski definition) is 4. The maximum Gasteiger partial charge on any atom is 0.293 e. The van der Waals surface area contributed by atoms with Crippen LogP contribution in [0, 0.1) is 21.4 Å². The third kappa shape index (κ3) is 11.6. The lowest BCUT2D eigenvalue weighted by molar-refractivity contribution is -0.384. The number of hydrogen-bond acceptors (Lipinski definition) is 18. The first-order chi connectivity index (χ1) is 41.5. The zero-order chi connectivity index (χ0) is 59.5. The Hall–Kier alpha value is -7.24. The minimum absolute atomic E-state index is 0.0279. The molecule has 7 aliphatic rings. The van der Waals surface area contributed by atoms with Gasteiger partial charge in [0.1, 0.15) is 34.7 Å². The smallest absolute Gasteiger partial charge is 0.293 e. The number of ether oxygens (including phenoxy) is 4. The van der Waals surface area contributed by atoms with Crippen molar-refractivity contribution in [3.63, 3.8) is 0 Å². The molecule has 1 amide bonds. The molecule has 8 heterocycles. The zero-order valence-electron chi connectivity index (χ0n) is 49.5. The molecular formula is C64H79N11O10S. The molecule has 6 aromatic rings. The molecule has 5 aliphatic heterocycles. The zero-order valence-corrected chi connectivity index (χ0v) is 50.3. The predicted octanol–water partition coefficient (Wildman–Crippen LogP) is 9.35. The Morgan fingerprint density at radius 2 is 1.69 bits per heavy atom. The van der Waals surface area contributed by atoms with E-state index in [1.807, 2.05) is 43.6 Å². The Balaban J connectivity index is 0.756. The summed E-state index contributed by atoms with van der Waals surface area (Å²) in [5, 5.41) is 26.9. The Morgan fingerprint density at radius 1 is 0.895 bits per heavy atom. The number of aromatic nitrogens is 3. The summed E-state index contributed by atoms with van der Waals surface area (Å²) in [5.74, 6) is 1.57. The van der Waals surface area contributed by atoms with E-state index in [0.717, 1.165) is 107 Å². The number of nitrogens with zero attached hydrogens (tertiary/aromatic N) is 8. The quantitative estimate of drug-likeness (QED) is 0.0554. The molecule has 6 fully saturated rings. The lowest BCUT2D eigenvalue weighted by atomic mass is 9.59. The molecule has 22 heteroatoms. The highest BCUT2D eigenvalue weighted by atomic mass is 32.2. The van der Waals surface area contributed by atoms with Crippen molar-refractivity contribution < 1.29 is 42.2 Å². The van der Waals surface area contributed by atoms with Crippen molar-refractivity contribution in [3.05, 3.63) is 119 Å². The Bertz CT molecular complexity index is 3590. The number of aliphatic hydroxyl groups is 1. The molecule has 2 aliphatic carbocycles. The first-order valence-electron chi connectivity index (χ1n) is 30.8. The van der Waals surface area contributed by atoms with Gasteiger partial charge in [0.2, 0.25) is 5.88 Å². The van der Waals surface area contributed by atoms with Crippen LogP contribution in [0.15, 0.2) is 102 Å². The number of pyridine rings is 2. The third-order valence-electron chi connectivity index (χ3n) is 19.4. The second-order valence-corrected chi connectivity index (χ2v) is 27.2. The second kappa shape index (κ2) is 23.5. The number of carbonyl (C=O) groups is 1. The predicted molar refractivity (Wildman–Crippen MR) is 330 cm³/mol. The van der Waals surface area contributed by atoms with Crippen LogP contribution in [0.25, 0.3) is 11.0 Å². The number of sulfonamides is 1. The molecule has 4 atom stereocenters. The molecule has 456 valence electrons. The molecule has 0 radical (unpaired) electrons. The number of anilines is 6. The summed E-state index contributed by atoms with van der Waals surface area (Å²) in [6.07, 6.45) is 10.8. The summed E-state index contributed by atoms with van der Waals surface area (Å²) in [7, 11) is -4.65. The summed E-state index contributed by atoms with van der Waals surface area (Å²) >= 11 is 0. The van der Waals surface area contributed by atoms with Gasteiger partial charge >= 0.3 is 0 Å². The Morgan fingerprint density at radius 3 is 2.48 bits per heavy atom. The van der Waals surface area contributed by atoms with Crippen molar-refractivity contribution in [1.29, 1.82) is 0 Å². The van der Waals surface area contributed by atoms with Gasteiger partial charge in [-0.3, -0.25) is 19.8 Å². The summed E-state index contributed by atoms with van der Waals surface area (Å²) < 4.78 is 55.8. The standard InChI is InChI=1S/C64H79N11O10S/c1-41(2)84-57-8-6-5-7-49(57)56-38-71(46-16-23-65-59(33-46)72-28-30-83-39-42(72)3)26-27-73(56)47-35-64(36-47)20-24-70(25-21-64)45-9-11-50(53(32-45)74-52-17-29-82-40-58(52)85-62-55(74)31-44-15-22-66-60(44)68-62)61(76)69-86(80,81)48-10-12-51(54(34-48)75(78)79)67-37-43-13-18-63(4,77)19-14-43/h5-12,15-16,22-23,31-34,41-43,47,52,56,58,67,77H,13-14,17-21,24-30,35-40H2,1-4H3,(H,66,68)(H,69,76)/t42-,43-,52+,56-,58+,63-/m1/s1. The van der Waals surface area contributed by atoms with Crippen LogP contribution < -0.4 is 39.1 Å². The minimum atomic E-state index is -4.65. The molecule has 13 rings (SSSR count). The van der Waals surface area contributed by atoms with E-state index in [1.54, 1.807) is 6.07 Å². The number of morpholine rings is 1. The van der Waals surface area contributed by atoms with E-state index in [1.165, 1.54) is 23.4 Å². The number of para-hydroxylation sites is 1. The highest BCUT2D eigenvalue weighted by Crippen LogP contribution is 2.54. The van der Waals surface area contributed by atoms with E-state index in [4.69, 9.17) is 28.9 Å². The van der Waals surface area contributed by atoms with Gasteiger partial charge in [0.15, 0.2) is 0 Å². The lowest BCUT2D eigenvalue weighted by Crippen LogP contribution is -2.60. The normalized spacial score (nSPS) is 25.3. The van der Waals surface area contributed by atoms with Crippen LogP contribution in [0.3, 0.4) is 0 Å². The van der Waals surface area contributed by atoms with Gasteiger partial charge in [0, 0.05) is 105 Å². The average Bonchev–Trinajstić information content (AvgIpc) is 1.26. The number of benzene rings is 3. The summed E-state index contributed by atoms with van der Waals surface area (Å²) in [4.78, 5) is 51.3. The fourth-order valence-corrected chi connectivity index (χ4v) is 15.5. The number of H-pyrrole nitrogens is 1. The molecule has 1 spiro atoms. The van der Waals surface area contributed by atoms with Crippen molar-refractivity contribution in [2.45, 2.75) is 132 Å². The van der Waals surface area contributed by atoms with Gasteiger partial charge in [-0.1, -0.05) is 18.2 Å². The van der Waals surface area contributed by atoms with Crippen LogP contribution in [-0.2, 0) is 19.5 Å². The minimum Gasteiger partial charge on any atom is -0.491 e. The monoisotopic (exact) mass is 1190 g/mol. The topological polar surface area (TPSA) is 233 Å². The van der Waals surface area contributed by atoms with E-state index in [2.05, 4.69) is 96.7 Å².